The summed E-state index contributed by atoms with van der Waals surface area (Å²) in [6.07, 6.45) is 0.661. The summed E-state index contributed by atoms with van der Waals surface area (Å²) in [7, 11) is 4.72. The predicted octanol–water partition coefficient (Wildman–Crippen LogP) is 2.34. The summed E-state index contributed by atoms with van der Waals surface area (Å²) in [5, 5.41) is 0. The van der Waals surface area contributed by atoms with Crippen LogP contribution in [0.15, 0.2) is 42.0 Å². The maximum absolute atomic E-state index is 5.23. The molecule has 0 amide bonds. The van der Waals surface area contributed by atoms with Gasteiger partial charge in [0.2, 0.25) is 0 Å². The Morgan fingerprint density at radius 1 is 0.933 bits per heavy atom. The van der Waals surface area contributed by atoms with E-state index in [1.807, 2.05) is 30.3 Å². The summed E-state index contributed by atoms with van der Waals surface area (Å²) in [5.41, 5.74) is 1.15. The monoisotopic (exact) mass is 208 g/mol. The molecule has 0 saturated carbocycles. The minimum atomic E-state index is 0.418. The number of allylic oxidation sites excluding steroid dienone is 1. The van der Waals surface area contributed by atoms with Crippen LogP contribution in [0.2, 0.25) is 0 Å². The lowest BCUT2D eigenvalue weighted by Gasteiger charge is -2.11. The van der Waals surface area contributed by atoms with Gasteiger partial charge in [0.1, 0.15) is 0 Å². The average molecular weight is 208 g/mol. The molecule has 0 aromatic heterocycles. The lowest BCUT2D eigenvalue weighted by molar-refractivity contribution is 0.0672. The fourth-order valence-corrected chi connectivity index (χ4v) is 1.32. The zero-order chi connectivity index (χ0) is 11.1. The summed E-state index contributed by atoms with van der Waals surface area (Å²) in [5.74, 6) is 1.10. The molecule has 15 heavy (non-hydrogen) atoms. The van der Waals surface area contributed by atoms with E-state index in [0.717, 1.165) is 5.56 Å². The molecule has 0 spiro atoms. The van der Waals surface area contributed by atoms with Crippen LogP contribution in [-0.2, 0) is 20.6 Å². The number of rotatable bonds is 5. The molecule has 0 bridgehead atoms. The molecular weight excluding hydrogens is 192 g/mol. The van der Waals surface area contributed by atoms with Gasteiger partial charge in [0, 0.05) is 6.42 Å². The molecule has 0 unspecified atom stereocenters. The van der Waals surface area contributed by atoms with Crippen molar-refractivity contribution in [1.29, 1.82) is 0 Å². The lowest BCUT2D eigenvalue weighted by Crippen LogP contribution is -2.02. The first-order valence-corrected chi connectivity index (χ1v) is 4.70. The van der Waals surface area contributed by atoms with Crippen molar-refractivity contribution in [3.63, 3.8) is 0 Å². The molecule has 1 rings (SSSR count). The Bertz CT molecular complexity index is 311. The topological polar surface area (TPSA) is 27.7 Å². The van der Waals surface area contributed by atoms with Gasteiger partial charge in [-0.25, -0.2) is 0 Å². The van der Waals surface area contributed by atoms with Crippen LogP contribution in [0.1, 0.15) is 5.56 Å². The fraction of sp³-hybridized carbons (Fsp3) is 0.333. The summed E-state index contributed by atoms with van der Waals surface area (Å²) in [4.78, 5) is 0. The number of hydrogen-bond donors (Lipinski definition) is 0. The van der Waals surface area contributed by atoms with Crippen molar-refractivity contribution in [2.75, 3.05) is 21.3 Å². The van der Waals surface area contributed by atoms with Gasteiger partial charge in [0.15, 0.2) is 5.76 Å². The molecular formula is C12H16O3. The van der Waals surface area contributed by atoms with Crippen molar-refractivity contribution in [1.82, 2.24) is 0 Å². The van der Waals surface area contributed by atoms with E-state index >= 15 is 0 Å². The van der Waals surface area contributed by atoms with Crippen molar-refractivity contribution >= 4 is 0 Å². The molecule has 1 aromatic rings. The molecule has 0 aliphatic heterocycles. The van der Waals surface area contributed by atoms with Crippen LogP contribution in [0.4, 0.5) is 0 Å². The summed E-state index contributed by atoms with van der Waals surface area (Å²) < 4.78 is 15.3. The number of methoxy groups -OCH3 is 3. The van der Waals surface area contributed by atoms with Gasteiger partial charge in [-0.1, -0.05) is 30.3 Å². The third-order valence-electron chi connectivity index (χ3n) is 2.05. The molecule has 0 fully saturated rings. The fourth-order valence-electron chi connectivity index (χ4n) is 1.32. The molecule has 3 nitrogen and oxygen atoms in total. The van der Waals surface area contributed by atoms with Gasteiger partial charge in [-0.15, -0.1) is 0 Å². The average Bonchev–Trinajstić information content (AvgIpc) is 2.30. The van der Waals surface area contributed by atoms with Crippen LogP contribution in [0.3, 0.4) is 0 Å². The molecule has 1 aromatic carbocycles. The van der Waals surface area contributed by atoms with E-state index in [2.05, 4.69) is 0 Å². The minimum absolute atomic E-state index is 0.418. The van der Waals surface area contributed by atoms with Crippen molar-refractivity contribution in [3.8, 4) is 0 Å². The highest BCUT2D eigenvalue weighted by atomic mass is 16.7. The van der Waals surface area contributed by atoms with Gasteiger partial charge in [-0.3, -0.25) is 0 Å². The largest absolute Gasteiger partial charge is 0.494 e. The number of benzene rings is 1. The van der Waals surface area contributed by atoms with Crippen LogP contribution in [0, 0.1) is 0 Å². The molecule has 0 radical (unpaired) electrons. The van der Waals surface area contributed by atoms with E-state index in [1.165, 1.54) is 0 Å². The molecule has 0 aliphatic rings. The van der Waals surface area contributed by atoms with Crippen molar-refractivity contribution in [2.45, 2.75) is 6.42 Å². The zero-order valence-corrected chi connectivity index (χ0v) is 9.32. The molecule has 3 heteroatoms. The molecule has 82 valence electrons. The van der Waals surface area contributed by atoms with E-state index in [9.17, 15) is 0 Å². The third-order valence-corrected chi connectivity index (χ3v) is 2.05. The zero-order valence-electron chi connectivity index (χ0n) is 9.32. The second-order valence-corrected chi connectivity index (χ2v) is 2.99. The highest BCUT2D eigenvalue weighted by molar-refractivity contribution is 5.19. The Balaban J connectivity index is 2.82. The van der Waals surface area contributed by atoms with Crippen LogP contribution in [-0.4, -0.2) is 21.3 Å². The Labute approximate surface area is 90.3 Å². The van der Waals surface area contributed by atoms with Crippen molar-refractivity contribution in [2.24, 2.45) is 0 Å². The molecule has 0 aliphatic carbocycles. The Morgan fingerprint density at radius 2 is 1.53 bits per heavy atom. The second-order valence-electron chi connectivity index (χ2n) is 2.99. The molecule has 0 N–H and O–H groups in total. The quantitative estimate of drug-likeness (QED) is 0.695. The predicted molar refractivity (Wildman–Crippen MR) is 58.2 cm³/mol. The smallest absolute Gasteiger partial charge is 0.318 e. The lowest BCUT2D eigenvalue weighted by atomic mass is 10.1. The van der Waals surface area contributed by atoms with E-state index < -0.39 is 0 Å². The maximum Gasteiger partial charge on any atom is 0.318 e. The first kappa shape index (κ1) is 11.4. The first-order valence-electron chi connectivity index (χ1n) is 4.70. The molecule has 0 saturated heterocycles. The second kappa shape index (κ2) is 5.96. The minimum Gasteiger partial charge on any atom is -0.494 e. The highest BCUT2D eigenvalue weighted by Crippen LogP contribution is 2.13. The maximum atomic E-state index is 5.23. The van der Waals surface area contributed by atoms with Gasteiger partial charge >= 0.3 is 5.95 Å². The van der Waals surface area contributed by atoms with Crippen LogP contribution in [0.5, 0.6) is 0 Å². The van der Waals surface area contributed by atoms with Crippen molar-refractivity contribution in [3.05, 3.63) is 47.6 Å². The summed E-state index contributed by atoms with van der Waals surface area (Å²) >= 11 is 0. The Kier molecular flexibility index (Phi) is 4.54. The van der Waals surface area contributed by atoms with Crippen LogP contribution in [0.25, 0.3) is 0 Å². The van der Waals surface area contributed by atoms with Crippen LogP contribution >= 0.6 is 0 Å². The standard InChI is InChI=1S/C12H16O3/c1-13-11(12(14-2)15-3)9-10-7-5-4-6-8-10/h4-8H,9H2,1-3H3. The molecule has 0 heterocycles. The van der Waals surface area contributed by atoms with Crippen molar-refractivity contribution < 1.29 is 14.2 Å². The number of ether oxygens (including phenoxy) is 3. The van der Waals surface area contributed by atoms with Crippen LogP contribution < -0.4 is 0 Å². The number of hydrogen-bond acceptors (Lipinski definition) is 3. The first-order chi connectivity index (χ1) is 7.31. The Hall–Kier alpha value is -1.64. The highest BCUT2D eigenvalue weighted by Gasteiger charge is 2.09. The van der Waals surface area contributed by atoms with E-state index in [0.29, 0.717) is 18.1 Å². The molecule has 0 atom stereocenters. The normalized spacial score (nSPS) is 9.27. The van der Waals surface area contributed by atoms with Gasteiger partial charge in [0.05, 0.1) is 21.3 Å². The summed E-state index contributed by atoms with van der Waals surface area (Å²) in [6.45, 7) is 0. The van der Waals surface area contributed by atoms with Gasteiger partial charge in [-0.2, -0.15) is 0 Å². The SMILES string of the molecule is COC(Cc1ccccc1)=C(OC)OC. The third kappa shape index (κ3) is 3.20. The van der Waals surface area contributed by atoms with Gasteiger partial charge < -0.3 is 14.2 Å². The van der Waals surface area contributed by atoms with Gasteiger partial charge in [-0.05, 0) is 5.56 Å². The Morgan fingerprint density at radius 3 is 2.00 bits per heavy atom. The van der Waals surface area contributed by atoms with E-state index in [1.54, 1.807) is 21.3 Å². The van der Waals surface area contributed by atoms with E-state index in [-0.39, 0.29) is 0 Å². The van der Waals surface area contributed by atoms with E-state index in [4.69, 9.17) is 14.2 Å². The van der Waals surface area contributed by atoms with Gasteiger partial charge in [0.25, 0.3) is 0 Å². The summed E-state index contributed by atoms with van der Waals surface area (Å²) in [6, 6.07) is 10.0.